The standard InChI is InChI=1S/C16H19FN4O2S/c1-11-8-14(4-5-15(11)17)24(22,23)20-7-6-13(9-20)21-10-16(18-19-21)12-2-3-12/h4-5,8,10,12-13H,2-3,6-7,9H2,1H3. The Kier molecular flexibility index (Phi) is 3.69. The molecule has 1 unspecified atom stereocenters. The maximum absolute atomic E-state index is 13.4. The van der Waals surface area contributed by atoms with Crippen LogP contribution in [0.15, 0.2) is 29.3 Å². The molecular formula is C16H19FN4O2S. The summed E-state index contributed by atoms with van der Waals surface area (Å²) in [5.74, 6) is 0.130. The molecule has 1 aliphatic carbocycles. The third-order valence-corrected chi connectivity index (χ3v) is 6.65. The molecule has 2 fully saturated rings. The Labute approximate surface area is 140 Å². The Morgan fingerprint density at radius 3 is 2.75 bits per heavy atom. The van der Waals surface area contributed by atoms with Crippen LogP contribution in [0, 0.1) is 12.7 Å². The van der Waals surface area contributed by atoms with Crippen molar-refractivity contribution in [2.24, 2.45) is 0 Å². The van der Waals surface area contributed by atoms with Gasteiger partial charge in [0, 0.05) is 25.2 Å². The van der Waals surface area contributed by atoms with Crippen LogP contribution in [0.25, 0.3) is 0 Å². The third-order valence-electron chi connectivity index (χ3n) is 4.79. The van der Waals surface area contributed by atoms with Gasteiger partial charge in [-0.25, -0.2) is 17.5 Å². The largest absolute Gasteiger partial charge is 0.248 e. The quantitative estimate of drug-likeness (QED) is 0.848. The van der Waals surface area contributed by atoms with E-state index >= 15 is 0 Å². The maximum Gasteiger partial charge on any atom is 0.243 e. The van der Waals surface area contributed by atoms with Crippen LogP contribution < -0.4 is 0 Å². The van der Waals surface area contributed by atoms with Crippen molar-refractivity contribution in [2.45, 2.75) is 43.0 Å². The van der Waals surface area contributed by atoms with E-state index in [9.17, 15) is 12.8 Å². The van der Waals surface area contributed by atoms with Gasteiger partial charge < -0.3 is 0 Å². The zero-order valence-electron chi connectivity index (χ0n) is 13.4. The number of sulfonamides is 1. The van der Waals surface area contributed by atoms with Gasteiger partial charge in [-0.3, -0.25) is 0 Å². The smallest absolute Gasteiger partial charge is 0.243 e. The Bertz CT molecular complexity index is 876. The number of rotatable bonds is 4. The van der Waals surface area contributed by atoms with E-state index < -0.39 is 15.8 Å². The predicted octanol–water partition coefficient (Wildman–Crippen LogP) is 2.24. The van der Waals surface area contributed by atoms with Gasteiger partial charge in [0.1, 0.15) is 5.82 Å². The van der Waals surface area contributed by atoms with E-state index in [2.05, 4.69) is 10.3 Å². The SMILES string of the molecule is Cc1cc(S(=O)(=O)N2CCC(n3cc(C4CC4)nn3)C2)ccc1F. The van der Waals surface area contributed by atoms with Crippen molar-refractivity contribution in [1.82, 2.24) is 19.3 Å². The topological polar surface area (TPSA) is 68.1 Å². The molecule has 0 spiro atoms. The summed E-state index contributed by atoms with van der Waals surface area (Å²) in [6.07, 6.45) is 4.97. The summed E-state index contributed by atoms with van der Waals surface area (Å²) in [6, 6.07) is 3.92. The number of halogens is 1. The summed E-state index contributed by atoms with van der Waals surface area (Å²) in [5, 5.41) is 8.36. The summed E-state index contributed by atoms with van der Waals surface area (Å²) in [4.78, 5) is 0.138. The van der Waals surface area contributed by atoms with Crippen molar-refractivity contribution in [3.63, 3.8) is 0 Å². The average molecular weight is 350 g/mol. The van der Waals surface area contributed by atoms with Gasteiger partial charge in [0.2, 0.25) is 10.0 Å². The third kappa shape index (κ3) is 2.73. The lowest BCUT2D eigenvalue weighted by molar-refractivity contribution is 0.428. The fourth-order valence-electron chi connectivity index (χ4n) is 3.11. The molecule has 6 nitrogen and oxygen atoms in total. The number of nitrogens with zero attached hydrogens (tertiary/aromatic N) is 4. The summed E-state index contributed by atoms with van der Waals surface area (Å²) in [6.45, 7) is 2.37. The highest BCUT2D eigenvalue weighted by Crippen LogP contribution is 2.39. The van der Waals surface area contributed by atoms with E-state index in [-0.39, 0.29) is 10.9 Å². The van der Waals surface area contributed by atoms with Crippen LogP contribution >= 0.6 is 0 Å². The minimum Gasteiger partial charge on any atom is -0.248 e. The first-order chi connectivity index (χ1) is 11.4. The molecule has 128 valence electrons. The summed E-state index contributed by atoms with van der Waals surface area (Å²) >= 11 is 0. The minimum atomic E-state index is -3.61. The van der Waals surface area contributed by atoms with Crippen LogP contribution in [-0.4, -0.2) is 40.8 Å². The van der Waals surface area contributed by atoms with Gasteiger partial charge in [-0.1, -0.05) is 5.21 Å². The zero-order valence-corrected chi connectivity index (χ0v) is 14.2. The van der Waals surface area contributed by atoms with E-state index in [1.807, 2.05) is 6.20 Å². The lowest BCUT2D eigenvalue weighted by Crippen LogP contribution is -2.29. The molecule has 0 radical (unpaired) electrons. The molecule has 1 aliphatic heterocycles. The molecule has 1 aromatic heterocycles. The van der Waals surface area contributed by atoms with Crippen LogP contribution in [0.5, 0.6) is 0 Å². The maximum atomic E-state index is 13.4. The van der Waals surface area contributed by atoms with Crippen molar-refractivity contribution in [1.29, 1.82) is 0 Å². The van der Waals surface area contributed by atoms with Crippen molar-refractivity contribution in [2.75, 3.05) is 13.1 Å². The molecule has 1 saturated heterocycles. The number of benzene rings is 1. The van der Waals surface area contributed by atoms with Gasteiger partial charge in [-0.15, -0.1) is 5.10 Å². The Hall–Kier alpha value is -1.80. The Morgan fingerprint density at radius 2 is 2.04 bits per heavy atom. The second kappa shape index (κ2) is 5.63. The molecule has 1 aromatic carbocycles. The van der Waals surface area contributed by atoms with Crippen molar-refractivity contribution < 1.29 is 12.8 Å². The summed E-state index contributed by atoms with van der Waals surface area (Å²) in [7, 11) is -3.61. The van der Waals surface area contributed by atoms with Gasteiger partial charge >= 0.3 is 0 Å². The van der Waals surface area contributed by atoms with Gasteiger partial charge in [-0.2, -0.15) is 4.31 Å². The molecule has 1 saturated carbocycles. The van der Waals surface area contributed by atoms with Crippen LogP contribution in [0.3, 0.4) is 0 Å². The van der Waals surface area contributed by atoms with Crippen LogP contribution in [0.4, 0.5) is 4.39 Å². The van der Waals surface area contributed by atoms with E-state index in [1.54, 1.807) is 11.6 Å². The summed E-state index contributed by atoms with van der Waals surface area (Å²) in [5.41, 5.74) is 1.34. The number of aryl methyl sites for hydroxylation is 1. The van der Waals surface area contributed by atoms with E-state index in [0.717, 1.165) is 18.5 Å². The molecular weight excluding hydrogens is 331 g/mol. The Balaban J connectivity index is 1.53. The van der Waals surface area contributed by atoms with Crippen LogP contribution in [0.2, 0.25) is 0 Å². The first-order valence-electron chi connectivity index (χ1n) is 8.13. The highest BCUT2D eigenvalue weighted by molar-refractivity contribution is 7.89. The zero-order chi connectivity index (χ0) is 16.9. The van der Waals surface area contributed by atoms with E-state index in [0.29, 0.717) is 31.0 Å². The molecule has 0 bridgehead atoms. The molecule has 1 atom stereocenters. The van der Waals surface area contributed by atoms with Gasteiger partial charge in [0.25, 0.3) is 0 Å². The highest BCUT2D eigenvalue weighted by Gasteiger charge is 2.35. The molecule has 24 heavy (non-hydrogen) atoms. The fraction of sp³-hybridized carbons (Fsp3) is 0.500. The average Bonchev–Trinajstić information content (AvgIpc) is 3.09. The van der Waals surface area contributed by atoms with E-state index in [4.69, 9.17) is 0 Å². The van der Waals surface area contributed by atoms with Crippen LogP contribution in [0.1, 0.15) is 42.5 Å². The second-order valence-electron chi connectivity index (χ2n) is 6.61. The van der Waals surface area contributed by atoms with Crippen molar-refractivity contribution in [3.8, 4) is 0 Å². The minimum absolute atomic E-state index is 0.00122. The number of hydrogen-bond donors (Lipinski definition) is 0. The number of aromatic nitrogens is 3. The fourth-order valence-corrected chi connectivity index (χ4v) is 4.68. The molecule has 0 N–H and O–H groups in total. The van der Waals surface area contributed by atoms with Crippen molar-refractivity contribution in [3.05, 3.63) is 41.5 Å². The lowest BCUT2D eigenvalue weighted by Gasteiger charge is -2.17. The highest BCUT2D eigenvalue weighted by atomic mass is 32.2. The molecule has 2 heterocycles. The van der Waals surface area contributed by atoms with Crippen LogP contribution in [-0.2, 0) is 10.0 Å². The molecule has 2 aromatic rings. The first kappa shape index (κ1) is 15.7. The van der Waals surface area contributed by atoms with E-state index in [1.165, 1.54) is 22.5 Å². The lowest BCUT2D eigenvalue weighted by atomic mass is 10.2. The first-order valence-corrected chi connectivity index (χ1v) is 9.57. The Morgan fingerprint density at radius 1 is 1.25 bits per heavy atom. The monoisotopic (exact) mass is 350 g/mol. The van der Waals surface area contributed by atoms with Crippen molar-refractivity contribution >= 4 is 10.0 Å². The van der Waals surface area contributed by atoms with Gasteiger partial charge in [0.05, 0.1) is 16.6 Å². The normalized spacial score (nSPS) is 22.2. The van der Waals surface area contributed by atoms with Gasteiger partial charge in [-0.05, 0) is 49.9 Å². The molecule has 2 aliphatic rings. The molecule has 4 rings (SSSR count). The summed E-state index contributed by atoms with van der Waals surface area (Å²) < 4.78 is 42.1. The van der Waals surface area contributed by atoms with Gasteiger partial charge in [0.15, 0.2) is 0 Å². The predicted molar refractivity (Wildman–Crippen MR) is 85.5 cm³/mol. The molecule has 8 heteroatoms. The second-order valence-corrected chi connectivity index (χ2v) is 8.55. The molecule has 0 amide bonds. The number of hydrogen-bond acceptors (Lipinski definition) is 4.